The van der Waals surface area contributed by atoms with Crippen molar-refractivity contribution >= 4 is 73.0 Å². The third-order valence-corrected chi connectivity index (χ3v) is 12.3. The minimum Gasteiger partial charge on any atom is -0.292 e. The molecule has 8 aromatic carbocycles. The van der Waals surface area contributed by atoms with Gasteiger partial charge in [0.05, 0.1) is 16.6 Å². The number of imidazole rings is 1. The fraction of sp³-hybridized carbons (Fsp3) is 0. The summed E-state index contributed by atoms with van der Waals surface area (Å²) in [5.41, 5.74) is 9.12. The van der Waals surface area contributed by atoms with Gasteiger partial charge in [-0.2, -0.15) is 0 Å². The van der Waals surface area contributed by atoms with Gasteiger partial charge in [-0.15, -0.1) is 0 Å². The number of fused-ring (bicyclic) bond motifs is 9. The maximum absolute atomic E-state index is 5.14. The van der Waals surface area contributed by atoms with E-state index in [9.17, 15) is 0 Å². The molecule has 10 aromatic rings. The first kappa shape index (κ1) is 28.9. The first-order valence-electron chi connectivity index (χ1n) is 17.1. The SMILES string of the molecule is c1ccc(P(c2ccccc2)c2ccc3cc(-c4cccc(-c5ccc6c7ccccc7n7c8ccccc8nc7c6c5)c4)ccc3c2)cc1. The van der Waals surface area contributed by atoms with E-state index in [0.717, 1.165) is 22.1 Å². The summed E-state index contributed by atoms with van der Waals surface area (Å²) in [6.07, 6.45) is 0. The number of rotatable bonds is 5. The van der Waals surface area contributed by atoms with Gasteiger partial charge in [0.15, 0.2) is 0 Å². The van der Waals surface area contributed by atoms with Crippen molar-refractivity contribution in [3.8, 4) is 22.3 Å². The molecule has 2 aromatic heterocycles. The van der Waals surface area contributed by atoms with Gasteiger partial charge in [-0.1, -0.05) is 146 Å². The molecule has 2 nitrogen and oxygen atoms in total. The highest BCUT2D eigenvalue weighted by Crippen LogP contribution is 2.37. The Morgan fingerprint density at radius 2 is 0.960 bits per heavy atom. The Hall–Kier alpha value is -6.08. The molecule has 0 spiro atoms. The molecule has 0 saturated heterocycles. The summed E-state index contributed by atoms with van der Waals surface area (Å²) in [6.45, 7) is 0. The van der Waals surface area contributed by atoms with Crippen LogP contribution < -0.4 is 15.9 Å². The van der Waals surface area contributed by atoms with Crippen LogP contribution in [0.3, 0.4) is 0 Å². The zero-order valence-electron chi connectivity index (χ0n) is 27.2. The second-order valence-corrected chi connectivity index (χ2v) is 15.1. The molecule has 50 heavy (non-hydrogen) atoms. The molecule has 234 valence electrons. The summed E-state index contributed by atoms with van der Waals surface area (Å²) in [5.74, 6) is 0. The summed E-state index contributed by atoms with van der Waals surface area (Å²) in [7, 11) is -0.647. The Bertz CT molecular complexity index is 2830. The van der Waals surface area contributed by atoms with E-state index in [1.54, 1.807) is 0 Å². The lowest BCUT2D eigenvalue weighted by molar-refractivity contribution is 1.31. The van der Waals surface area contributed by atoms with Gasteiger partial charge in [0.25, 0.3) is 0 Å². The average molecular weight is 655 g/mol. The lowest BCUT2D eigenvalue weighted by atomic mass is 9.95. The van der Waals surface area contributed by atoms with Crippen molar-refractivity contribution in [2.24, 2.45) is 0 Å². The lowest BCUT2D eigenvalue weighted by Gasteiger charge is -2.20. The molecule has 0 aliphatic carbocycles. The van der Waals surface area contributed by atoms with Crippen molar-refractivity contribution in [2.45, 2.75) is 0 Å². The van der Waals surface area contributed by atoms with E-state index >= 15 is 0 Å². The smallest absolute Gasteiger partial charge is 0.146 e. The van der Waals surface area contributed by atoms with Gasteiger partial charge in [0.1, 0.15) is 5.65 Å². The van der Waals surface area contributed by atoms with Gasteiger partial charge in [0.2, 0.25) is 0 Å². The normalized spacial score (nSPS) is 11.8. The molecule has 0 bridgehead atoms. The quantitative estimate of drug-likeness (QED) is 0.133. The molecule has 0 aliphatic heterocycles. The highest BCUT2D eigenvalue weighted by molar-refractivity contribution is 7.79. The number of para-hydroxylation sites is 3. The first-order valence-corrected chi connectivity index (χ1v) is 18.4. The maximum Gasteiger partial charge on any atom is 0.146 e. The highest BCUT2D eigenvalue weighted by Gasteiger charge is 2.17. The molecule has 0 radical (unpaired) electrons. The van der Waals surface area contributed by atoms with E-state index in [1.165, 1.54) is 65.2 Å². The van der Waals surface area contributed by atoms with Crippen LogP contribution in [0.25, 0.3) is 71.4 Å². The molecule has 0 N–H and O–H groups in total. The number of benzene rings is 8. The predicted octanol–water partition coefficient (Wildman–Crippen LogP) is 11.0. The van der Waals surface area contributed by atoms with Crippen LogP contribution in [0.2, 0.25) is 0 Å². The monoisotopic (exact) mass is 654 g/mol. The molecular weight excluding hydrogens is 624 g/mol. The van der Waals surface area contributed by atoms with Gasteiger partial charge in [-0.3, -0.25) is 4.40 Å². The van der Waals surface area contributed by atoms with Crippen molar-refractivity contribution in [2.75, 3.05) is 0 Å². The van der Waals surface area contributed by atoms with Gasteiger partial charge >= 0.3 is 0 Å². The Labute approximate surface area is 291 Å². The summed E-state index contributed by atoms with van der Waals surface area (Å²) >= 11 is 0. The van der Waals surface area contributed by atoms with Crippen LogP contribution in [-0.4, -0.2) is 9.38 Å². The number of aromatic nitrogens is 2. The maximum atomic E-state index is 5.14. The van der Waals surface area contributed by atoms with Crippen molar-refractivity contribution in [3.63, 3.8) is 0 Å². The van der Waals surface area contributed by atoms with E-state index < -0.39 is 7.92 Å². The predicted molar refractivity (Wildman–Crippen MR) is 215 cm³/mol. The van der Waals surface area contributed by atoms with E-state index in [0.29, 0.717) is 0 Å². The topological polar surface area (TPSA) is 17.3 Å². The molecule has 0 atom stereocenters. The van der Waals surface area contributed by atoms with Crippen LogP contribution in [-0.2, 0) is 0 Å². The minimum atomic E-state index is -0.647. The van der Waals surface area contributed by atoms with Crippen molar-refractivity contribution < 1.29 is 0 Å². The highest BCUT2D eigenvalue weighted by atomic mass is 31.1. The lowest BCUT2D eigenvalue weighted by Crippen LogP contribution is -2.20. The molecule has 0 amide bonds. The van der Waals surface area contributed by atoms with Gasteiger partial charge in [-0.05, 0) is 105 Å². The van der Waals surface area contributed by atoms with E-state index in [2.05, 4.69) is 192 Å². The molecule has 10 rings (SSSR count). The Balaban J connectivity index is 1.05. The third kappa shape index (κ3) is 4.80. The average Bonchev–Trinajstić information content (AvgIpc) is 3.59. The molecule has 2 heterocycles. The van der Waals surface area contributed by atoms with E-state index in [4.69, 9.17) is 4.98 Å². The standard InChI is InChI=1S/C47H31N2P/c1-3-14-38(15-4-1)50(39-16-5-2-6-17-39)40-26-24-35-29-34(22-23-36(35)30-40)32-12-11-13-33(28-32)37-25-27-41-42-18-7-9-20-45(42)49-46-21-10-8-19-44(46)48-47(49)43(41)31-37/h1-31H. The second-order valence-electron chi connectivity index (χ2n) is 12.9. The number of nitrogens with zero attached hydrogens (tertiary/aromatic N) is 2. The largest absolute Gasteiger partial charge is 0.292 e. The van der Waals surface area contributed by atoms with Gasteiger partial charge < -0.3 is 0 Å². The summed E-state index contributed by atoms with van der Waals surface area (Å²) in [6, 6.07) is 68.6. The fourth-order valence-electron chi connectivity index (χ4n) is 7.52. The molecular formula is C47H31N2P. The molecule has 0 aliphatic rings. The van der Waals surface area contributed by atoms with E-state index in [-0.39, 0.29) is 0 Å². The second kappa shape index (κ2) is 11.8. The first-order chi connectivity index (χ1) is 24.8. The summed E-state index contributed by atoms with van der Waals surface area (Å²) < 4.78 is 2.32. The Morgan fingerprint density at radius 3 is 1.74 bits per heavy atom. The van der Waals surface area contributed by atoms with E-state index in [1.807, 2.05) is 0 Å². The molecule has 0 saturated carbocycles. The Morgan fingerprint density at radius 1 is 0.360 bits per heavy atom. The van der Waals surface area contributed by atoms with Crippen LogP contribution >= 0.6 is 7.92 Å². The van der Waals surface area contributed by atoms with Crippen molar-refractivity contribution in [1.82, 2.24) is 9.38 Å². The van der Waals surface area contributed by atoms with Crippen LogP contribution in [0.1, 0.15) is 0 Å². The van der Waals surface area contributed by atoms with Gasteiger partial charge in [0, 0.05) is 10.8 Å². The Kier molecular flexibility index (Phi) is 6.82. The fourth-order valence-corrected chi connectivity index (χ4v) is 9.85. The zero-order valence-corrected chi connectivity index (χ0v) is 28.1. The third-order valence-electron chi connectivity index (χ3n) is 9.90. The van der Waals surface area contributed by atoms with Crippen LogP contribution in [0.15, 0.2) is 188 Å². The zero-order chi connectivity index (χ0) is 33.0. The number of pyridine rings is 1. The van der Waals surface area contributed by atoms with Crippen molar-refractivity contribution in [3.05, 3.63) is 188 Å². The van der Waals surface area contributed by atoms with Gasteiger partial charge in [-0.25, -0.2) is 4.98 Å². The molecule has 0 unspecified atom stereocenters. The summed E-state index contributed by atoms with van der Waals surface area (Å²) in [5, 5.41) is 10.2. The summed E-state index contributed by atoms with van der Waals surface area (Å²) in [4.78, 5) is 5.14. The van der Waals surface area contributed by atoms with Crippen molar-refractivity contribution in [1.29, 1.82) is 0 Å². The van der Waals surface area contributed by atoms with Crippen LogP contribution in [0, 0.1) is 0 Å². The molecule has 0 fully saturated rings. The number of hydrogen-bond donors (Lipinski definition) is 0. The van der Waals surface area contributed by atoms with Crippen LogP contribution in [0.5, 0.6) is 0 Å². The minimum absolute atomic E-state index is 0.647. The van der Waals surface area contributed by atoms with Crippen LogP contribution in [0.4, 0.5) is 0 Å². The number of hydrogen-bond acceptors (Lipinski definition) is 1. The molecule has 3 heteroatoms.